The summed E-state index contributed by atoms with van der Waals surface area (Å²) in [6, 6.07) is 6.98. The quantitative estimate of drug-likeness (QED) is 0.232. The highest BCUT2D eigenvalue weighted by Gasteiger charge is 2.31. The van der Waals surface area contributed by atoms with Gasteiger partial charge in [0.2, 0.25) is 0 Å². The Morgan fingerprint density at radius 1 is 1.26 bits per heavy atom. The zero-order valence-corrected chi connectivity index (χ0v) is 16.7. The molecule has 2 rings (SSSR count). The van der Waals surface area contributed by atoms with Gasteiger partial charge < -0.3 is 9.47 Å². The fraction of sp³-hybridized carbons (Fsp3) is 0.167. The van der Waals surface area contributed by atoms with Crippen LogP contribution in [-0.2, 0) is 17.5 Å². The van der Waals surface area contributed by atoms with E-state index in [2.05, 4.69) is 15.9 Å². The Labute approximate surface area is 169 Å². The summed E-state index contributed by atoms with van der Waals surface area (Å²) in [5.41, 5.74) is -1.04. The second-order valence-electron chi connectivity index (χ2n) is 5.07. The van der Waals surface area contributed by atoms with Gasteiger partial charge in [0.05, 0.1) is 23.8 Å². The van der Waals surface area contributed by atoms with Gasteiger partial charge >= 0.3 is 12.1 Å². The number of carbonyl (C=O) groups is 1. The summed E-state index contributed by atoms with van der Waals surface area (Å²) in [7, 11) is 2.23. The Hall–Kier alpha value is -1.93. The summed E-state index contributed by atoms with van der Waals surface area (Å²) in [5.74, 6) is 0.999. The Morgan fingerprint density at radius 3 is 2.63 bits per heavy atom. The maximum Gasteiger partial charge on any atom is 0.416 e. The number of alkyl halides is 3. The fourth-order valence-corrected chi connectivity index (χ4v) is 2.60. The molecule has 0 N–H and O–H groups in total. The third-order valence-corrected chi connectivity index (χ3v) is 4.24. The highest BCUT2D eigenvalue weighted by atomic mass is 127. The standard InChI is InChI=1S/C18H11F4IO3S/c1-25-17(24)14-4-2-3-12(16(14)19)10-26-15-6-5-13(18(20,21)22)9-11(15)7-8-27-23/h2-6,9H,10H2,1H3. The van der Waals surface area contributed by atoms with Crippen LogP contribution in [0, 0.1) is 17.0 Å². The molecule has 0 saturated heterocycles. The maximum atomic E-state index is 14.4. The third-order valence-electron chi connectivity index (χ3n) is 3.40. The van der Waals surface area contributed by atoms with Crippen LogP contribution in [0.25, 0.3) is 0 Å². The molecular formula is C18H11F4IO3S. The monoisotopic (exact) mass is 510 g/mol. The van der Waals surface area contributed by atoms with E-state index >= 15 is 0 Å². The van der Waals surface area contributed by atoms with Crippen LogP contribution in [0.3, 0.4) is 0 Å². The first-order valence-corrected chi connectivity index (χ1v) is 10.6. The molecule has 2 aromatic carbocycles. The molecule has 0 fully saturated rings. The first-order chi connectivity index (χ1) is 12.8. The first kappa shape index (κ1) is 21.4. The van der Waals surface area contributed by atoms with Crippen molar-refractivity contribution >= 4 is 36.1 Å². The number of rotatable bonds is 4. The first-order valence-electron chi connectivity index (χ1n) is 7.26. The minimum Gasteiger partial charge on any atom is -0.487 e. The molecule has 27 heavy (non-hydrogen) atoms. The van der Waals surface area contributed by atoms with Gasteiger partial charge in [-0.3, -0.25) is 0 Å². The Bertz CT molecular complexity index is 904. The summed E-state index contributed by atoms with van der Waals surface area (Å²) in [5, 5.41) is 2.60. The van der Waals surface area contributed by atoms with Crippen molar-refractivity contribution in [2.24, 2.45) is 0 Å². The van der Waals surface area contributed by atoms with Gasteiger partial charge in [0.1, 0.15) is 18.2 Å². The van der Waals surface area contributed by atoms with E-state index in [9.17, 15) is 22.4 Å². The smallest absolute Gasteiger partial charge is 0.416 e. The second-order valence-corrected chi connectivity index (χ2v) is 6.75. The van der Waals surface area contributed by atoms with Crippen molar-refractivity contribution in [1.82, 2.24) is 0 Å². The Kier molecular flexibility index (Phi) is 7.38. The lowest BCUT2D eigenvalue weighted by atomic mass is 10.1. The zero-order valence-electron chi connectivity index (χ0n) is 13.7. The largest absolute Gasteiger partial charge is 0.487 e. The van der Waals surface area contributed by atoms with E-state index in [1.165, 1.54) is 18.2 Å². The van der Waals surface area contributed by atoms with E-state index < -0.39 is 23.5 Å². The molecule has 0 radical (unpaired) electrons. The van der Waals surface area contributed by atoms with Crippen molar-refractivity contribution in [3.63, 3.8) is 0 Å². The number of methoxy groups -OCH3 is 1. The van der Waals surface area contributed by atoms with Gasteiger partial charge in [-0.15, -0.1) is 0 Å². The van der Waals surface area contributed by atoms with Crippen LogP contribution in [0.5, 0.6) is 5.75 Å². The lowest BCUT2D eigenvalue weighted by Crippen LogP contribution is -2.09. The van der Waals surface area contributed by atoms with Crippen molar-refractivity contribution in [3.05, 3.63) is 64.5 Å². The molecule has 0 aliphatic rings. The predicted octanol–water partition coefficient (Wildman–Crippen LogP) is 5.60. The van der Waals surface area contributed by atoms with Crippen molar-refractivity contribution in [3.8, 4) is 16.9 Å². The van der Waals surface area contributed by atoms with Crippen LogP contribution in [0.15, 0.2) is 36.4 Å². The SMILES string of the molecule is COC(=O)c1cccc(COc2ccc(C(F)(F)F)cc2C#CSI)c1F. The van der Waals surface area contributed by atoms with Crippen LogP contribution in [0.4, 0.5) is 17.6 Å². The van der Waals surface area contributed by atoms with Gasteiger partial charge in [-0.05, 0) is 38.5 Å². The van der Waals surface area contributed by atoms with Gasteiger partial charge in [-0.25, -0.2) is 9.18 Å². The molecule has 0 atom stereocenters. The van der Waals surface area contributed by atoms with Crippen LogP contribution >= 0.6 is 30.1 Å². The number of hydrogen-bond donors (Lipinski definition) is 0. The highest BCUT2D eigenvalue weighted by molar-refractivity contribution is 14.2. The minimum atomic E-state index is -4.52. The van der Waals surface area contributed by atoms with E-state index in [1.807, 2.05) is 21.2 Å². The topological polar surface area (TPSA) is 35.5 Å². The molecule has 0 bridgehead atoms. The number of carbonyl (C=O) groups excluding carboxylic acids is 1. The highest BCUT2D eigenvalue weighted by Crippen LogP contribution is 2.33. The molecule has 0 unspecified atom stereocenters. The number of benzene rings is 2. The molecule has 0 aliphatic carbocycles. The van der Waals surface area contributed by atoms with Crippen molar-refractivity contribution in [1.29, 1.82) is 0 Å². The number of esters is 1. The van der Waals surface area contributed by atoms with Crippen molar-refractivity contribution in [2.75, 3.05) is 7.11 Å². The van der Waals surface area contributed by atoms with Gasteiger partial charge in [-0.1, -0.05) is 18.1 Å². The van der Waals surface area contributed by atoms with E-state index in [0.29, 0.717) is 0 Å². The van der Waals surface area contributed by atoms with Crippen LogP contribution in [0.2, 0.25) is 0 Å². The molecule has 0 spiro atoms. The third kappa shape index (κ3) is 5.52. The van der Waals surface area contributed by atoms with Crippen LogP contribution in [-0.4, -0.2) is 13.1 Å². The summed E-state index contributed by atoms with van der Waals surface area (Å²) >= 11 is 1.89. The number of ether oxygens (including phenoxy) is 2. The van der Waals surface area contributed by atoms with Crippen LogP contribution < -0.4 is 4.74 Å². The molecule has 0 aliphatic heterocycles. The maximum absolute atomic E-state index is 14.4. The normalized spacial score (nSPS) is 10.7. The summed E-state index contributed by atoms with van der Waals surface area (Å²) in [6.07, 6.45) is -4.52. The Balaban J connectivity index is 2.31. The summed E-state index contributed by atoms with van der Waals surface area (Å²) < 4.78 is 63.0. The average Bonchev–Trinajstić information content (AvgIpc) is 2.64. The molecule has 0 aromatic heterocycles. The van der Waals surface area contributed by atoms with Crippen LogP contribution in [0.1, 0.15) is 27.0 Å². The molecule has 0 heterocycles. The molecule has 9 heteroatoms. The number of halogens is 5. The molecule has 2 aromatic rings. The summed E-state index contributed by atoms with van der Waals surface area (Å²) in [4.78, 5) is 11.5. The minimum absolute atomic E-state index is 0.0264. The second kappa shape index (κ2) is 9.32. The number of hydrogen-bond acceptors (Lipinski definition) is 4. The van der Waals surface area contributed by atoms with Crippen molar-refractivity contribution in [2.45, 2.75) is 12.8 Å². The lowest BCUT2D eigenvalue weighted by Gasteiger charge is -2.13. The zero-order chi connectivity index (χ0) is 20.0. The Morgan fingerprint density at radius 2 is 2.00 bits per heavy atom. The average molecular weight is 510 g/mol. The van der Waals surface area contributed by atoms with E-state index in [0.717, 1.165) is 34.2 Å². The van der Waals surface area contributed by atoms with E-state index in [1.54, 1.807) is 0 Å². The molecule has 142 valence electrons. The summed E-state index contributed by atoms with van der Waals surface area (Å²) in [6.45, 7) is -0.298. The molecule has 0 amide bonds. The van der Waals surface area contributed by atoms with Gasteiger partial charge in [-0.2, -0.15) is 13.2 Å². The predicted molar refractivity (Wildman–Crippen MR) is 102 cm³/mol. The van der Waals surface area contributed by atoms with Gasteiger partial charge in [0.25, 0.3) is 0 Å². The van der Waals surface area contributed by atoms with E-state index in [-0.39, 0.29) is 29.0 Å². The van der Waals surface area contributed by atoms with Gasteiger partial charge in [0.15, 0.2) is 0 Å². The molecule has 3 nitrogen and oxygen atoms in total. The lowest BCUT2D eigenvalue weighted by molar-refractivity contribution is -0.137. The fourth-order valence-electron chi connectivity index (χ4n) is 2.12. The van der Waals surface area contributed by atoms with E-state index in [4.69, 9.17) is 4.74 Å². The van der Waals surface area contributed by atoms with Gasteiger partial charge in [0, 0.05) is 26.8 Å². The van der Waals surface area contributed by atoms with Crippen molar-refractivity contribution < 1.29 is 31.8 Å². The molecular weight excluding hydrogens is 499 g/mol. The molecule has 0 saturated carbocycles.